The van der Waals surface area contributed by atoms with Crippen LogP contribution in [0, 0.1) is 17.1 Å². The van der Waals surface area contributed by atoms with Crippen LogP contribution in [0.1, 0.15) is 17.0 Å². The highest BCUT2D eigenvalue weighted by Crippen LogP contribution is 2.29. The van der Waals surface area contributed by atoms with Crippen LogP contribution < -0.4 is 9.47 Å². The van der Waals surface area contributed by atoms with Gasteiger partial charge in [-0.2, -0.15) is 5.26 Å². The van der Waals surface area contributed by atoms with Crippen molar-refractivity contribution in [2.75, 3.05) is 7.11 Å². The first-order valence-electron chi connectivity index (χ1n) is 9.38. The fraction of sp³-hybridized carbons (Fsp3) is 0.0833. The molecule has 3 aromatic carbocycles. The maximum Gasteiger partial charge on any atom is 0.149 e. The van der Waals surface area contributed by atoms with Crippen LogP contribution in [-0.2, 0) is 6.61 Å². The number of imidazole rings is 1. The third-order valence-corrected chi connectivity index (χ3v) is 5.26. The van der Waals surface area contributed by atoms with Gasteiger partial charge in [0.25, 0.3) is 0 Å². The molecule has 0 saturated heterocycles. The SMILES string of the molecule is COc1ccc2nc(C(C#N)=Cc3ccc(OCc4ccc(F)cc4)c(Br)c3)[nH]c2c1. The molecule has 1 N–H and O–H groups in total. The van der Waals surface area contributed by atoms with Gasteiger partial charge in [-0.3, -0.25) is 0 Å². The predicted molar refractivity (Wildman–Crippen MR) is 121 cm³/mol. The average molecular weight is 478 g/mol. The van der Waals surface area contributed by atoms with Crippen molar-refractivity contribution in [2.45, 2.75) is 6.61 Å². The Bertz CT molecular complexity index is 1310. The van der Waals surface area contributed by atoms with Gasteiger partial charge in [0.2, 0.25) is 0 Å². The van der Waals surface area contributed by atoms with Gasteiger partial charge in [0, 0.05) is 6.07 Å². The molecule has 0 aliphatic carbocycles. The number of aromatic nitrogens is 2. The van der Waals surface area contributed by atoms with Gasteiger partial charge in [-0.25, -0.2) is 9.37 Å². The molecular weight excluding hydrogens is 461 g/mol. The summed E-state index contributed by atoms with van der Waals surface area (Å²) >= 11 is 3.51. The highest BCUT2D eigenvalue weighted by atomic mass is 79.9. The number of benzene rings is 3. The van der Waals surface area contributed by atoms with E-state index < -0.39 is 0 Å². The zero-order chi connectivity index (χ0) is 21.8. The summed E-state index contributed by atoms with van der Waals surface area (Å²) in [6.07, 6.45) is 1.75. The van der Waals surface area contributed by atoms with Gasteiger partial charge < -0.3 is 14.5 Å². The number of halogens is 2. The van der Waals surface area contributed by atoms with Crippen LogP contribution in [0.4, 0.5) is 4.39 Å². The Morgan fingerprint density at radius 2 is 1.97 bits per heavy atom. The van der Waals surface area contributed by atoms with Crippen molar-refractivity contribution in [1.82, 2.24) is 9.97 Å². The second kappa shape index (κ2) is 9.02. The molecule has 0 spiro atoms. The number of nitriles is 1. The number of hydrogen-bond acceptors (Lipinski definition) is 4. The summed E-state index contributed by atoms with van der Waals surface area (Å²) in [5.41, 5.74) is 3.63. The molecule has 0 amide bonds. The van der Waals surface area contributed by atoms with Crippen molar-refractivity contribution in [2.24, 2.45) is 0 Å². The van der Waals surface area contributed by atoms with Crippen LogP contribution in [0.2, 0.25) is 0 Å². The summed E-state index contributed by atoms with van der Waals surface area (Å²) in [5, 5.41) is 9.65. The Morgan fingerprint density at radius 3 is 2.68 bits per heavy atom. The lowest BCUT2D eigenvalue weighted by Crippen LogP contribution is -1.96. The van der Waals surface area contributed by atoms with Gasteiger partial charge in [-0.1, -0.05) is 18.2 Å². The molecule has 0 radical (unpaired) electrons. The maximum absolute atomic E-state index is 13.0. The molecule has 0 unspecified atom stereocenters. The van der Waals surface area contributed by atoms with Crippen molar-refractivity contribution in [1.29, 1.82) is 5.26 Å². The van der Waals surface area contributed by atoms with Gasteiger partial charge in [0.15, 0.2) is 0 Å². The lowest BCUT2D eigenvalue weighted by molar-refractivity contribution is 0.304. The van der Waals surface area contributed by atoms with E-state index in [1.165, 1.54) is 12.1 Å². The molecule has 0 saturated carbocycles. The zero-order valence-electron chi connectivity index (χ0n) is 16.5. The lowest BCUT2D eigenvalue weighted by Gasteiger charge is -2.09. The van der Waals surface area contributed by atoms with E-state index in [0.717, 1.165) is 26.6 Å². The summed E-state index contributed by atoms with van der Waals surface area (Å²) in [5.74, 6) is 1.57. The first kappa shape index (κ1) is 20.6. The first-order chi connectivity index (χ1) is 15.1. The molecule has 4 aromatic rings. The quantitative estimate of drug-likeness (QED) is 0.339. The van der Waals surface area contributed by atoms with E-state index in [0.29, 0.717) is 29.5 Å². The molecule has 7 heteroatoms. The highest BCUT2D eigenvalue weighted by Gasteiger charge is 2.10. The van der Waals surface area contributed by atoms with E-state index in [-0.39, 0.29) is 5.82 Å². The summed E-state index contributed by atoms with van der Waals surface area (Å²) < 4.78 is 24.8. The van der Waals surface area contributed by atoms with Crippen LogP contribution in [0.25, 0.3) is 22.7 Å². The number of hydrogen-bond donors (Lipinski definition) is 1. The van der Waals surface area contributed by atoms with Crippen LogP contribution >= 0.6 is 15.9 Å². The van der Waals surface area contributed by atoms with E-state index in [9.17, 15) is 9.65 Å². The maximum atomic E-state index is 13.0. The molecule has 1 heterocycles. The van der Waals surface area contributed by atoms with Gasteiger partial charge >= 0.3 is 0 Å². The number of H-pyrrole nitrogens is 1. The minimum absolute atomic E-state index is 0.280. The number of rotatable bonds is 6. The topological polar surface area (TPSA) is 70.9 Å². The summed E-state index contributed by atoms with van der Waals surface area (Å²) in [6, 6.07) is 19.4. The number of methoxy groups -OCH3 is 1. The third-order valence-electron chi connectivity index (χ3n) is 4.64. The molecular formula is C24H17BrFN3O2. The smallest absolute Gasteiger partial charge is 0.149 e. The molecule has 0 aliphatic heterocycles. The average Bonchev–Trinajstić information content (AvgIpc) is 3.21. The highest BCUT2D eigenvalue weighted by molar-refractivity contribution is 9.10. The standard InChI is InChI=1S/C24H17BrFN3O2/c1-30-19-7-8-21-22(12-19)29-24(28-21)17(13-27)10-16-4-9-23(20(25)11-16)31-14-15-2-5-18(26)6-3-15/h2-12H,14H2,1H3,(H,28,29). The number of allylic oxidation sites excluding steroid dienone is 1. The Balaban J connectivity index is 1.55. The number of nitrogens with zero attached hydrogens (tertiary/aromatic N) is 2. The third kappa shape index (κ3) is 4.76. The minimum atomic E-state index is -0.280. The van der Waals surface area contributed by atoms with Crippen LogP contribution in [0.15, 0.2) is 65.1 Å². The fourth-order valence-electron chi connectivity index (χ4n) is 3.03. The van der Waals surface area contributed by atoms with Crippen LogP contribution in [-0.4, -0.2) is 17.1 Å². The van der Waals surface area contributed by atoms with Gasteiger partial charge in [0.1, 0.15) is 35.8 Å². The van der Waals surface area contributed by atoms with Crippen molar-refractivity contribution in [3.8, 4) is 17.6 Å². The van der Waals surface area contributed by atoms with E-state index in [1.807, 2.05) is 36.4 Å². The first-order valence-corrected chi connectivity index (χ1v) is 10.2. The summed E-state index contributed by atoms with van der Waals surface area (Å²) in [7, 11) is 1.60. The molecule has 0 aliphatic rings. The minimum Gasteiger partial charge on any atom is -0.497 e. The number of aromatic amines is 1. The molecule has 31 heavy (non-hydrogen) atoms. The lowest BCUT2D eigenvalue weighted by atomic mass is 10.1. The predicted octanol–water partition coefficient (Wildman–Crippen LogP) is 6.12. The fourth-order valence-corrected chi connectivity index (χ4v) is 3.54. The van der Waals surface area contributed by atoms with Crippen LogP contribution in [0.3, 0.4) is 0 Å². The van der Waals surface area contributed by atoms with Crippen molar-refractivity contribution < 1.29 is 13.9 Å². The van der Waals surface area contributed by atoms with Crippen molar-refractivity contribution in [3.05, 3.63) is 87.9 Å². The molecule has 0 bridgehead atoms. The van der Waals surface area contributed by atoms with Crippen molar-refractivity contribution >= 4 is 38.6 Å². The van der Waals surface area contributed by atoms with Crippen LogP contribution in [0.5, 0.6) is 11.5 Å². The number of nitrogens with one attached hydrogen (secondary N) is 1. The Kier molecular flexibility index (Phi) is 6.01. The van der Waals surface area contributed by atoms with E-state index in [4.69, 9.17) is 9.47 Å². The molecule has 0 atom stereocenters. The molecule has 4 rings (SSSR count). The summed E-state index contributed by atoms with van der Waals surface area (Å²) in [6.45, 7) is 0.319. The monoisotopic (exact) mass is 477 g/mol. The molecule has 154 valence electrons. The van der Waals surface area contributed by atoms with Gasteiger partial charge in [-0.05, 0) is 69.5 Å². The second-order valence-corrected chi connectivity index (χ2v) is 7.60. The molecule has 1 aromatic heterocycles. The summed E-state index contributed by atoms with van der Waals surface area (Å²) in [4.78, 5) is 7.66. The van der Waals surface area contributed by atoms with Gasteiger partial charge in [-0.15, -0.1) is 0 Å². The van der Waals surface area contributed by atoms with Gasteiger partial charge in [0.05, 0.1) is 28.2 Å². The van der Waals surface area contributed by atoms with E-state index in [1.54, 1.807) is 25.3 Å². The zero-order valence-corrected chi connectivity index (χ0v) is 18.1. The number of ether oxygens (including phenoxy) is 2. The van der Waals surface area contributed by atoms with E-state index >= 15 is 0 Å². The van der Waals surface area contributed by atoms with Crippen molar-refractivity contribution in [3.63, 3.8) is 0 Å². The largest absolute Gasteiger partial charge is 0.497 e. The Morgan fingerprint density at radius 1 is 1.16 bits per heavy atom. The normalized spacial score (nSPS) is 11.4. The Labute approximate surface area is 186 Å². The molecule has 0 fully saturated rings. The number of fused-ring (bicyclic) bond motifs is 1. The van der Waals surface area contributed by atoms with E-state index in [2.05, 4.69) is 32.0 Å². The second-order valence-electron chi connectivity index (χ2n) is 6.74. The molecule has 5 nitrogen and oxygen atoms in total. The Hall–Kier alpha value is -3.63.